The van der Waals surface area contributed by atoms with Gasteiger partial charge in [0.15, 0.2) is 0 Å². The number of carbonyl (C=O) groups is 1. The van der Waals surface area contributed by atoms with Gasteiger partial charge in [-0.1, -0.05) is 42.4 Å². The topological polar surface area (TPSA) is 63.2 Å². The van der Waals surface area contributed by atoms with E-state index in [1.165, 1.54) is 12.1 Å². The van der Waals surface area contributed by atoms with Gasteiger partial charge in [-0.25, -0.2) is 4.79 Å². The second kappa shape index (κ2) is 8.82. The average molecular weight is 447 g/mol. The first kappa shape index (κ1) is 22.1. The Morgan fingerprint density at radius 1 is 1.16 bits per heavy atom. The van der Waals surface area contributed by atoms with E-state index >= 15 is 0 Å². The van der Waals surface area contributed by atoms with E-state index in [0.29, 0.717) is 43.6 Å². The second-order valence-electron chi connectivity index (χ2n) is 8.01. The molecule has 32 heavy (non-hydrogen) atoms. The van der Waals surface area contributed by atoms with Crippen molar-refractivity contribution >= 4 is 17.5 Å². The summed E-state index contributed by atoms with van der Waals surface area (Å²) in [6.45, 7) is 2.95. The van der Waals surface area contributed by atoms with Crippen molar-refractivity contribution in [2.45, 2.75) is 44.4 Å². The van der Waals surface area contributed by atoms with E-state index in [4.69, 9.17) is 9.68 Å². The minimum atomic E-state index is -4.37. The molecule has 2 aromatic rings. The number of halogens is 3. The van der Waals surface area contributed by atoms with E-state index in [-0.39, 0.29) is 0 Å². The molecule has 9 heteroatoms. The van der Waals surface area contributed by atoms with E-state index in [1.54, 1.807) is 5.06 Å². The largest absolute Gasteiger partial charge is 0.430 e. The van der Waals surface area contributed by atoms with Crippen molar-refractivity contribution in [3.63, 3.8) is 0 Å². The smallest absolute Gasteiger partial charge is 0.388 e. The van der Waals surface area contributed by atoms with E-state index in [9.17, 15) is 18.0 Å². The number of oxime groups is 1. The SMILES string of the molecule is CCc1ccccc1NC(=O)ON1CCC2(CC1)CC(c1ccc(C(F)(F)F)cc1)=NO2. The average Bonchev–Trinajstić information content (AvgIpc) is 3.19. The summed E-state index contributed by atoms with van der Waals surface area (Å²) < 4.78 is 38.3. The third-order valence-electron chi connectivity index (χ3n) is 5.87. The Morgan fingerprint density at radius 3 is 2.50 bits per heavy atom. The van der Waals surface area contributed by atoms with E-state index in [2.05, 4.69) is 10.5 Å². The molecule has 170 valence electrons. The van der Waals surface area contributed by atoms with Crippen molar-refractivity contribution in [1.82, 2.24) is 5.06 Å². The number of nitrogens with one attached hydrogen (secondary N) is 1. The molecule has 1 amide bonds. The van der Waals surface area contributed by atoms with E-state index < -0.39 is 23.4 Å². The number of hydroxylamine groups is 2. The first-order valence-corrected chi connectivity index (χ1v) is 10.5. The fourth-order valence-corrected chi connectivity index (χ4v) is 3.98. The van der Waals surface area contributed by atoms with Crippen molar-refractivity contribution in [2.75, 3.05) is 18.4 Å². The number of carbonyl (C=O) groups excluding carboxylic acids is 1. The molecule has 2 aromatic carbocycles. The first-order valence-electron chi connectivity index (χ1n) is 10.5. The first-order chi connectivity index (χ1) is 15.3. The molecule has 0 aliphatic carbocycles. The van der Waals surface area contributed by atoms with Gasteiger partial charge in [-0.3, -0.25) is 5.32 Å². The number of anilines is 1. The zero-order valence-corrected chi connectivity index (χ0v) is 17.6. The highest BCUT2D eigenvalue weighted by Gasteiger charge is 2.43. The zero-order valence-electron chi connectivity index (χ0n) is 17.6. The number of aryl methyl sites for hydroxylation is 1. The summed E-state index contributed by atoms with van der Waals surface area (Å²) in [5, 5.41) is 8.50. The number of nitrogens with zero attached hydrogens (tertiary/aromatic N) is 2. The highest BCUT2D eigenvalue weighted by molar-refractivity contribution is 6.01. The van der Waals surface area contributed by atoms with Crippen LogP contribution in [0.3, 0.4) is 0 Å². The van der Waals surface area contributed by atoms with E-state index in [1.807, 2.05) is 31.2 Å². The lowest BCUT2D eigenvalue weighted by Crippen LogP contribution is -2.45. The van der Waals surface area contributed by atoms with Gasteiger partial charge in [-0.2, -0.15) is 13.2 Å². The van der Waals surface area contributed by atoms with Crippen molar-refractivity contribution < 1.29 is 27.6 Å². The summed E-state index contributed by atoms with van der Waals surface area (Å²) in [5.74, 6) is 0. The summed E-state index contributed by atoms with van der Waals surface area (Å²) >= 11 is 0. The zero-order chi connectivity index (χ0) is 22.8. The fraction of sp³-hybridized carbons (Fsp3) is 0.391. The number of hydrogen-bond donors (Lipinski definition) is 1. The summed E-state index contributed by atoms with van der Waals surface area (Å²) in [5.41, 5.74) is 1.77. The van der Waals surface area contributed by atoms with Crippen LogP contribution in [-0.2, 0) is 22.3 Å². The number of hydrogen-bond acceptors (Lipinski definition) is 5. The lowest BCUT2D eigenvalue weighted by atomic mass is 9.86. The molecule has 2 aliphatic heterocycles. The van der Waals surface area contributed by atoms with Crippen LogP contribution in [0.15, 0.2) is 53.7 Å². The van der Waals surface area contributed by atoms with E-state index in [0.717, 1.165) is 29.8 Å². The maximum atomic E-state index is 12.8. The molecule has 0 bridgehead atoms. The van der Waals surface area contributed by atoms with Gasteiger partial charge in [-0.05, 0) is 35.7 Å². The summed E-state index contributed by atoms with van der Waals surface area (Å²) in [6, 6.07) is 12.5. The maximum Gasteiger partial charge on any atom is 0.430 e. The molecule has 1 fully saturated rings. The number of rotatable bonds is 4. The van der Waals surface area contributed by atoms with Gasteiger partial charge in [0.25, 0.3) is 0 Å². The second-order valence-corrected chi connectivity index (χ2v) is 8.01. The molecule has 4 rings (SSSR count). The predicted molar refractivity (Wildman–Crippen MR) is 113 cm³/mol. The normalized spacial score (nSPS) is 18.2. The Kier molecular flexibility index (Phi) is 6.10. The highest BCUT2D eigenvalue weighted by Crippen LogP contribution is 2.37. The fourth-order valence-electron chi connectivity index (χ4n) is 3.98. The lowest BCUT2D eigenvalue weighted by molar-refractivity contribution is -0.154. The van der Waals surface area contributed by atoms with Crippen LogP contribution in [0.25, 0.3) is 0 Å². The number of para-hydroxylation sites is 1. The van der Waals surface area contributed by atoms with Crippen LogP contribution in [0.1, 0.15) is 42.9 Å². The molecular weight excluding hydrogens is 423 g/mol. The number of piperidine rings is 1. The molecule has 2 aliphatic rings. The number of alkyl halides is 3. The van der Waals surface area contributed by atoms with Gasteiger partial charge in [0, 0.05) is 38.0 Å². The Hall–Kier alpha value is -3.07. The number of amides is 1. The lowest BCUT2D eigenvalue weighted by Gasteiger charge is -2.35. The molecule has 0 aromatic heterocycles. The molecule has 0 radical (unpaired) electrons. The molecule has 1 saturated heterocycles. The van der Waals surface area contributed by atoms with Crippen LogP contribution in [0.5, 0.6) is 0 Å². The molecule has 6 nitrogen and oxygen atoms in total. The van der Waals surface area contributed by atoms with Gasteiger partial charge in [-0.15, -0.1) is 5.06 Å². The van der Waals surface area contributed by atoms with Crippen molar-refractivity contribution in [3.8, 4) is 0 Å². The Labute approximate surface area is 183 Å². The molecule has 0 unspecified atom stereocenters. The molecule has 0 saturated carbocycles. The third kappa shape index (κ3) is 4.88. The monoisotopic (exact) mass is 447 g/mol. The maximum absolute atomic E-state index is 12.8. The van der Waals surface area contributed by atoms with Crippen molar-refractivity contribution in [3.05, 3.63) is 65.2 Å². The Bertz CT molecular complexity index is 998. The van der Waals surface area contributed by atoms with Crippen LogP contribution < -0.4 is 5.32 Å². The quantitative estimate of drug-likeness (QED) is 0.683. The van der Waals surface area contributed by atoms with Gasteiger partial charge in [0.1, 0.15) is 5.60 Å². The van der Waals surface area contributed by atoms with Crippen LogP contribution in [-0.4, -0.2) is 35.6 Å². The number of benzene rings is 2. The highest BCUT2D eigenvalue weighted by atomic mass is 19.4. The summed E-state index contributed by atoms with van der Waals surface area (Å²) in [4.78, 5) is 23.4. The van der Waals surface area contributed by atoms with Crippen LogP contribution in [0, 0.1) is 0 Å². The van der Waals surface area contributed by atoms with Crippen molar-refractivity contribution in [1.29, 1.82) is 0 Å². The van der Waals surface area contributed by atoms with Gasteiger partial charge < -0.3 is 9.68 Å². The summed E-state index contributed by atoms with van der Waals surface area (Å²) in [7, 11) is 0. The molecule has 1 spiro atoms. The molecular formula is C23H24F3N3O3. The summed E-state index contributed by atoms with van der Waals surface area (Å²) in [6.07, 6.45) is -2.45. The minimum absolute atomic E-state index is 0.471. The Morgan fingerprint density at radius 2 is 1.84 bits per heavy atom. The molecule has 2 heterocycles. The van der Waals surface area contributed by atoms with Crippen LogP contribution in [0.4, 0.5) is 23.7 Å². The standard InChI is InChI=1S/C23H24F3N3O3/c1-2-16-5-3-4-6-19(16)27-21(30)31-29-13-11-22(12-14-29)15-20(28-32-22)17-7-9-18(10-8-17)23(24,25)26/h3-10H,2,11-15H2,1H3,(H,27,30). The van der Waals surface area contributed by atoms with Gasteiger partial charge in [0.2, 0.25) is 0 Å². The molecule has 1 N–H and O–H groups in total. The van der Waals surface area contributed by atoms with Gasteiger partial charge >= 0.3 is 12.3 Å². The third-order valence-corrected chi connectivity index (χ3v) is 5.87. The predicted octanol–water partition coefficient (Wildman–Crippen LogP) is 5.39. The van der Waals surface area contributed by atoms with Gasteiger partial charge in [0.05, 0.1) is 11.3 Å². The van der Waals surface area contributed by atoms with Crippen molar-refractivity contribution in [2.24, 2.45) is 5.16 Å². The van der Waals surface area contributed by atoms with Crippen LogP contribution in [0.2, 0.25) is 0 Å². The Balaban J connectivity index is 1.29. The minimum Gasteiger partial charge on any atom is -0.388 e. The van der Waals surface area contributed by atoms with Crippen LogP contribution >= 0.6 is 0 Å². The molecule has 0 atom stereocenters.